The quantitative estimate of drug-likeness (QED) is 0.849. The Morgan fingerprint density at radius 1 is 1.25 bits per heavy atom. The largest absolute Gasteiger partial charge is 0.417 e. The lowest BCUT2D eigenvalue weighted by Crippen LogP contribution is -2.14. The van der Waals surface area contributed by atoms with E-state index in [1.54, 1.807) is 0 Å². The van der Waals surface area contributed by atoms with E-state index in [4.69, 9.17) is 0 Å². The molecule has 0 spiro atoms. The van der Waals surface area contributed by atoms with Gasteiger partial charge in [-0.3, -0.25) is 4.79 Å². The molecular weight excluding hydrogens is 276 g/mol. The van der Waals surface area contributed by atoms with Crippen molar-refractivity contribution in [3.63, 3.8) is 0 Å². The Hall–Kier alpha value is -2.05. The second kappa shape index (κ2) is 5.15. The zero-order valence-corrected chi connectivity index (χ0v) is 10.6. The molecule has 0 fully saturated rings. The van der Waals surface area contributed by atoms with Gasteiger partial charge in [0.05, 0.1) is 16.8 Å². The van der Waals surface area contributed by atoms with Crippen LogP contribution in [0.25, 0.3) is 10.9 Å². The summed E-state index contributed by atoms with van der Waals surface area (Å²) in [6, 6.07) is 2.39. The number of nitrogens with one attached hydrogen (secondary N) is 2. The molecule has 0 aliphatic carbocycles. The van der Waals surface area contributed by atoms with E-state index in [0.717, 1.165) is 12.5 Å². The first kappa shape index (κ1) is 14.4. The van der Waals surface area contributed by atoms with E-state index in [1.807, 2.05) is 6.92 Å². The van der Waals surface area contributed by atoms with Crippen molar-refractivity contribution in [1.82, 2.24) is 4.98 Å². The molecule has 3 nitrogen and oxygen atoms in total. The van der Waals surface area contributed by atoms with E-state index in [9.17, 15) is 22.4 Å². The van der Waals surface area contributed by atoms with Crippen LogP contribution < -0.4 is 10.9 Å². The van der Waals surface area contributed by atoms with Gasteiger partial charge in [0.25, 0.3) is 0 Å². The molecule has 2 rings (SSSR count). The normalized spacial score (nSPS) is 11.8. The van der Waals surface area contributed by atoms with Gasteiger partial charge >= 0.3 is 6.18 Å². The molecule has 7 heteroatoms. The van der Waals surface area contributed by atoms with Crippen LogP contribution in [0.3, 0.4) is 0 Å². The van der Waals surface area contributed by atoms with Gasteiger partial charge in [-0.2, -0.15) is 13.2 Å². The van der Waals surface area contributed by atoms with Gasteiger partial charge in [0.1, 0.15) is 5.82 Å². The number of aromatic nitrogens is 1. The fourth-order valence-electron chi connectivity index (χ4n) is 1.91. The van der Waals surface area contributed by atoms with Crippen LogP contribution in [0.15, 0.2) is 23.0 Å². The third-order valence-electron chi connectivity index (χ3n) is 2.80. The summed E-state index contributed by atoms with van der Waals surface area (Å²) in [5.41, 5.74) is -2.01. The summed E-state index contributed by atoms with van der Waals surface area (Å²) in [6.07, 6.45) is -3.98. The number of hydrogen-bond acceptors (Lipinski definition) is 2. The molecule has 0 amide bonds. The van der Waals surface area contributed by atoms with E-state index in [-0.39, 0.29) is 16.6 Å². The minimum Gasteiger partial charge on any atom is -0.383 e. The van der Waals surface area contributed by atoms with Crippen molar-refractivity contribution < 1.29 is 17.6 Å². The molecule has 2 N–H and O–H groups in total. The molecule has 0 bridgehead atoms. The highest BCUT2D eigenvalue weighted by Crippen LogP contribution is 2.34. The van der Waals surface area contributed by atoms with Gasteiger partial charge in [-0.05, 0) is 18.6 Å². The Kier molecular flexibility index (Phi) is 3.69. The summed E-state index contributed by atoms with van der Waals surface area (Å²) in [5, 5.41) is 2.39. The highest BCUT2D eigenvalue weighted by molar-refractivity contribution is 5.85. The molecule has 2 aromatic rings. The SMILES string of the molecule is CCCNc1cc2[nH]c(=O)cc(C(F)(F)F)c2cc1F. The van der Waals surface area contributed by atoms with Crippen molar-refractivity contribution in [2.24, 2.45) is 0 Å². The first-order chi connectivity index (χ1) is 9.32. The summed E-state index contributed by atoms with van der Waals surface area (Å²) < 4.78 is 52.3. The topological polar surface area (TPSA) is 44.9 Å². The summed E-state index contributed by atoms with van der Waals surface area (Å²) in [4.78, 5) is 13.6. The van der Waals surface area contributed by atoms with Gasteiger partial charge in [-0.1, -0.05) is 6.92 Å². The fourth-order valence-corrected chi connectivity index (χ4v) is 1.91. The summed E-state index contributed by atoms with van der Waals surface area (Å²) in [6.45, 7) is 2.35. The van der Waals surface area contributed by atoms with Crippen LogP contribution in [0.4, 0.5) is 23.2 Å². The molecule has 108 valence electrons. The maximum Gasteiger partial charge on any atom is 0.417 e. The average molecular weight is 288 g/mol. The molecule has 20 heavy (non-hydrogen) atoms. The maximum absolute atomic E-state index is 13.8. The van der Waals surface area contributed by atoms with E-state index >= 15 is 0 Å². The molecule has 1 aromatic heterocycles. The summed E-state index contributed by atoms with van der Waals surface area (Å²) in [5.74, 6) is -0.788. The molecule has 0 radical (unpaired) electrons. The molecule has 1 aromatic carbocycles. The van der Waals surface area contributed by atoms with E-state index in [1.165, 1.54) is 6.07 Å². The molecular formula is C13H12F4N2O. The molecule has 0 aliphatic heterocycles. The Morgan fingerprint density at radius 3 is 2.55 bits per heavy atom. The Balaban J connectivity index is 2.68. The second-order valence-electron chi connectivity index (χ2n) is 4.35. The number of alkyl halides is 3. The summed E-state index contributed by atoms with van der Waals surface area (Å²) >= 11 is 0. The van der Waals surface area contributed by atoms with Crippen LogP contribution in [0, 0.1) is 5.82 Å². The maximum atomic E-state index is 13.8. The zero-order valence-electron chi connectivity index (χ0n) is 10.6. The van der Waals surface area contributed by atoms with Crippen LogP contribution in [-0.2, 0) is 6.18 Å². The first-order valence-corrected chi connectivity index (χ1v) is 6.00. The molecule has 0 aliphatic rings. The van der Waals surface area contributed by atoms with Gasteiger partial charge in [0.2, 0.25) is 5.56 Å². The van der Waals surface area contributed by atoms with E-state index in [0.29, 0.717) is 12.6 Å². The minimum atomic E-state index is -4.71. The van der Waals surface area contributed by atoms with Gasteiger partial charge in [-0.25, -0.2) is 4.39 Å². The number of hydrogen-bond donors (Lipinski definition) is 2. The molecule has 0 atom stereocenters. The van der Waals surface area contributed by atoms with Crippen LogP contribution in [0.2, 0.25) is 0 Å². The van der Waals surface area contributed by atoms with Crippen molar-refractivity contribution in [3.8, 4) is 0 Å². The van der Waals surface area contributed by atoms with Gasteiger partial charge in [0.15, 0.2) is 0 Å². The number of halogens is 4. The predicted octanol–water partition coefficient (Wildman–Crippen LogP) is 3.51. The number of fused-ring (bicyclic) bond motifs is 1. The van der Waals surface area contributed by atoms with Crippen LogP contribution >= 0.6 is 0 Å². The van der Waals surface area contributed by atoms with Crippen molar-refractivity contribution in [2.75, 3.05) is 11.9 Å². The van der Waals surface area contributed by atoms with E-state index < -0.39 is 23.1 Å². The Morgan fingerprint density at radius 2 is 1.95 bits per heavy atom. The van der Waals surface area contributed by atoms with Crippen molar-refractivity contribution >= 4 is 16.6 Å². The fraction of sp³-hybridized carbons (Fsp3) is 0.308. The van der Waals surface area contributed by atoms with E-state index in [2.05, 4.69) is 10.3 Å². The van der Waals surface area contributed by atoms with Crippen molar-refractivity contribution in [2.45, 2.75) is 19.5 Å². The number of aromatic amines is 1. The minimum absolute atomic E-state index is 0.0511. The lowest BCUT2D eigenvalue weighted by Gasteiger charge is -2.12. The van der Waals surface area contributed by atoms with Crippen molar-refractivity contribution in [1.29, 1.82) is 0 Å². The molecule has 0 saturated carbocycles. The number of anilines is 1. The number of benzene rings is 1. The van der Waals surface area contributed by atoms with Gasteiger partial charge in [0, 0.05) is 18.0 Å². The average Bonchev–Trinajstić information content (AvgIpc) is 2.35. The highest BCUT2D eigenvalue weighted by Gasteiger charge is 2.33. The smallest absolute Gasteiger partial charge is 0.383 e. The molecule has 0 saturated heterocycles. The molecule has 0 unspecified atom stereocenters. The van der Waals surface area contributed by atoms with Crippen LogP contribution in [-0.4, -0.2) is 11.5 Å². The number of pyridine rings is 1. The third-order valence-corrected chi connectivity index (χ3v) is 2.80. The monoisotopic (exact) mass is 288 g/mol. The second-order valence-corrected chi connectivity index (χ2v) is 4.35. The highest BCUT2D eigenvalue weighted by atomic mass is 19.4. The Labute approximate surface area is 111 Å². The third kappa shape index (κ3) is 2.76. The lowest BCUT2D eigenvalue weighted by atomic mass is 10.1. The molecule has 1 heterocycles. The first-order valence-electron chi connectivity index (χ1n) is 6.00. The lowest BCUT2D eigenvalue weighted by molar-refractivity contribution is -0.136. The predicted molar refractivity (Wildman–Crippen MR) is 68.3 cm³/mol. The van der Waals surface area contributed by atoms with Gasteiger partial charge in [-0.15, -0.1) is 0 Å². The van der Waals surface area contributed by atoms with Crippen molar-refractivity contribution in [3.05, 3.63) is 39.9 Å². The van der Waals surface area contributed by atoms with Crippen LogP contribution in [0.1, 0.15) is 18.9 Å². The standard InChI is InChI=1S/C13H12F4N2O/c1-2-3-18-11-6-10-7(4-9(11)14)8(13(15,16)17)5-12(20)19-10/h4-6,18H,2-3H2,1H3,(H,19,20). The van der Waals surface area contributed by atoms with Gasteiger partial charge < -0.3 is 10.3 Å². The summed E-state index contributed by atoms with van der Waals surface area (Å²) in [7, 11) is 0. The number of rotatable bonds is 3. The Bertz CT molecular complexity index is 691. The number of H-pyrrole nitrogens is 1. The zero-order chi connectivity index (χ0) is 14.9. The van der Waals surface area contributed by atoms with Crippen LogP contribution in [0.5, 0.6) is 0 Å².